The van der Waals surface area contributed by atoms with Gasteiger partial charge in [0, 0.05) is 65.8 Å². The highest BCUT2D eigenvalue weighted by Gasteiger charge is 2.18. The highest BCUT2D eigenvalue weighted by atomic mass is 35.5. The van der Waals surface area contributed by atoms with Crippen LogP contribution in [0.3, 0.4) is 0 Å². The molecule has 1 saturated heterocycles. The molecular formula is C26H27ClN4O. The third kappa shape index (κ3) is 3.83. The first kappa shape index (κ1) is 20.9. The van der Waals surface area contributed by atoms with Gasteiger partial charge >= 0.3 is 0 Å². The average Bonchev–Trinajstić information content (AvgIpc) is 3.21. The van der Waals surface area contributed by atoms with Crippen molar-refractivity contribution in [2.24, 2.45) is 0 Å². The monoisotopic (exact) mass is 446 g/mol. The zero-order valence-electron chi connectivity index (χ0n) is 18.7. The van der Waals surface area contributed by atoms with Gasteiger partial charge in [0.05, 0.1) is 18.8 Å². The maximum atomic E-state index is 6.22. The molecule has 3 heterocycles. The zero-order valence-corrected chi connectivity index (χ0v) is 19.4. The predicted octanol–water partition coefficient (Wildman–Crippen LogP) is 5.39. The second-order valence-corrected chi connectivity index (χ2v) is 8.88. The Labute approximate surface area is 193 Å². The van der Waals surface area contributed by atoms with Gasteiger partial charge in [-0.3, -0.25) is 0 Å². The van der Waals surface area contributed by atoms with Crippen molar-refractivity contribution in [2.45, 2.75) is 6.92 Å². The number of aryl methyl sites for hydroxylation is 1. The summed E-state index contributed by atoms with van der Waals surface area (Å²) in [5, 5.41) is 5.38. The molecule has 0 N–H and O–H groups in total. The van der Waals surface area contributed by atoms with E-state index in [2.05, 4.69) is 65.4 Å². The Morgan fingerprint density at radius 1 is 0.938 bits per heavy atom. The van der Waals surface area contributed by atoms with Crippen molar-refractivity contribution in [3.05, 3.63) is 71.5 Å². The zero-order chi connectivity index (χ0) is 22.2. The summed E-state index contributed by atoms with van der Waals surface area (Å²) in [6.45, 7) is 6.34. The fourth-order valence-electron chi connectivity index (χ4n) is 4.45. The first-order chi connectivity index (χ1) is 15.5. The van der Waals surface area contributed by atoms with Gasteiger partial charge in [-0.15, -0.1) is 0 Å². The molecule has 1 aliphatic heterocycles. The molecule has 0 bridgehead atoms. The number of likely N-dealkylation sites (N-methyl/N-ethyl adjacent to an activating group) is 1. The van der Waals surface area contributed by atoms with E-state index in [1.54, 1.807) is 7.11 Å². The van der Waals surface area contributed by atoms with Gasteiger partial charge in [0.2, 0.25) is 0 Å². The van der Waals surface area contributed by atoms with E-state index in [-0.39, 0.29) is 0 Å². The summed E-state index contributed by atoms with van der Waals surface area (Å²) < 4.78 is 7.76. The highest BCUT2D eigenvalue weighted by Crippen LogP contribution is 2.37. The molecule has 0 saturated carbocycles. The molecule has 0 radical (unpaired) electrons. The van der Waals surface area contributed by atoms with E-state index < -0.39 is 0 Å². The molecule has 2 aromatic carbocycles. The second kappa shape index (κ2) is 8.49. The number of pyridine rings is 1. The van der Waals surface area contributed by atoms with E-state index in [0.717, 1.165) is 64.7 Å². The van der Waals surface area contributed by atoms with Gasteiger partial charge in [0.15, 0.2) is 0 Å². The van der Waals surface area contributed by atoms with Crippen LogP contribution in [0.4, 0.5) is 5.69 Å². The summed E-state index contributed by atoms with van der Waals surface area (Å²) in [4.78, 5) is 4.78. The number of rotatable bonds is 4. The van der Waals surface area contributed by atoms with Crippen LogP contribution in [-0.4, -0.2) is 54.9 Å². The lowest BCUT2D eigenvalue weighted by molar-refractivity contribution is 0.312. The van der Waals surface area contributed by atoms with Crippen LogP contribution in [0.2, 0.25) is 5.02 Å². The summed E-state index contributed by atoms with van der Waals surface area (Å²) in [5.74, 6) is 0.868. The first-order valence-electron chi connectivity index (χ1n) is 10.9. The third-order valence-corrected chi connectivity index (χ3v) is 6.58. The Balaban J connectivity index is 1.54. The smallest absolute Gasteiger partial charge is 0.128 e. The molecule has 0 aliphatic carbocycles. The van der Waals surface area contributed by atoms with Crippen LogP contribution in [0.25, 0.3) is 27.8 Å². The summed E-state index contributed by atoms with van der Waals surface area (Å²) in [7, 11) is 3.91. The number of benzene rings is 2. The third-order valence-electron chi connectivity index (χ3n) is 6.34. The molecule has 6 heteroatoms. The van der Waals surface area contributed by atoms with Crippen LogP contribution < -0.4 is 9.64 Å². The molecule has 4 aromatic rings. The van der Waals surface area contributed by atoms with Gasteiger partial charge in [-0.25, -0.2) is 4.52 Å². The lowest BCUT2D eigenvalue weighted by Crippen LogP contribution is -2.44. The number of piperazine rings is 1. The Morgan fingerprint density at radius 3 is 2.50 bits per heavy atom. The predicted molar refractivity (Wildman–Crippen MR) is 132 cm³/mol. The molecule has 2 aromatic heterocycles. The van der Waals surface area contributed by atoms with Gasteiger partial charge in [0.25, 0.3) is 0 Å². The molecule has 0 unspecified atom stereocenters. The maximum Gasteiger partial charge on any atom is 0.128 e. The van der Waals surface area contributed by atoms with Crippen molar-refractivity contribution >= 4 is 22.8 Å². The van der Waals surface area contributed by atoms with Gasteiger partial charge < -0.3 is 14.5 Å². The van der Waals surface area contributed by atoms with Gasteiger partial charge in [-0.05, 0) is 55.4 Å². The van der Waals surface area contributed by atoms with Gasteiger partial charge in [-0.2, -0.15) is 5.10 Å². The number of halogens is 1. The number of ether oxygens (including phenoxy) is 1. The fraction of sp³-hybridized carbons (Fsp3) is 0.269. The number of nitrogens with zero attached hydrogens (tertiary/aromatic N) is 4. The highest BCUT2D eigenvalue weighted by molar-refractivity contribution is 6.30. The van der Waals surface area contributed by atoms with E-state index in [1.807, 2.05) is 28.9 Å². The number of hydrogen-bond donors (Lipinski definition) is 0. The van der Waals surface area contributed by atoms with E-state index in [9.17, 15) is 0 Å². The molecule has 1 aliphatic rings. The van der Waals surface area contributed by atoms with Crippen LogP contribution in [-0.2, 0) is 0 Å². The van der Waals surface area contributed by atoms with Crippen molar-refractivity contribution in [2.75, 3.05) is 45.2 Å². The van der Waals surface area contributed by atoms with E-state index >= 15 is 0 Å². The van der Waals surface area contributed by atoms with Gasteiger partial charge in [-0.1, -0.05) is 23.7 Å². The van der Waals surface area contributed by atoms with Crippen LogP contribution >= 0.6 is 11.6 Å². The van der Waals surface area contributed by atoms with Crippen LogP contribution in [0.5, 0.6) is 5.75 Å². The number of hydrogen-bond acceptors (Lipinski definition) is 4. The molecule has 1 fully saturated rings. The normalized spacial score (nSPS) is 14.8. The van der Waals surface area contributed by atoms with Crippen molar-refractivity contribution in [1.82, 2.24) is 14.5 Å². The lowest BCUT2D eigenvalue weighted by atomic mass is 10.0. The van der Waals surface area contributed by atoms with E-state index in [1.165, 1.54) is 11.3 Å². The van der Waals surface area contributed by atoms with E-state index in [4.69, 9.17) is 16.3 Å². The molecule has 0 atom stereocenters. The van der Waals surface area contributed by atoms with Gasteiger partial charge in [0.1, 0.15) is 5.75 Å². The van der Waals surface area contributed by atoms with Crippen molar-refractivity contribution in [3.8, 4) is 28.0 Å². The number of methoxy groups -OCH3 is 1. The molecule has 5 nitrogen and oxygen atoms in total. The first-order valence-corrected chi connectivity index (χ1v) is 11.3. The van der Waals surface area contributed by atoms with Crippen LogP contribution in [0, 0.1) is 6.92 Å². The molecule has 164 valence electrons. The summed E-state index contributed by atoms with van der Waals surface area (Å²) in [6.07, 6.45) is 3.99. The van der Waals surface area contributed by atoms with Crippen molar-refractivity contribution < 1.29 is 4.74 Å². The summed E-state index contributed by atoms with van der Waals surface area (Å²) >= 11 is 6.22. The minimum atomic E-state index is 0.730. The Hall–Kier alpha value is -3.02. The SMILES string of the molecule is COc1cc(N2CCN(C)CC2)ccc1-c1cnn2cc(-c3cccc(Cl)c3)c(C)cc12. The number of anilines is 1. The van der Waals surface area contributed by atoms with Crippen molar-refractivity contribution in [3.63, 3.8) is 0 Å². The van der Waals surface area contributed by atoms with Crippen LogP contribution in [0.15, 0.2) is 60.9 Å². The maximum absolute atomic E-state index is 6.22. The summed E-state index contributed by atoms with van der Waals surface area (Å²) in [6, 6.07) is 16.6. The number of aromatic nitrogens is 2. The Bertz CT molecular complexity index is 1270. The Morgan fingerprint density at radius 2 is 1.75 bits per heavy atom. The largest absolute Gasteiger partial charge is 0.496 e. The molecule has 32 heavy (non-hydrogen) atoms. The second-order valence-electron chi connectivity index (χ2n) is 8.44. The lowest BCUT2D eigenvalue weighted by Gasteiger charge is -2.34. The van der Waals surface area contributed by atoms with Crippen molar-refractivity contribution in [1.29, 1.82) is 0 Å². The van der Waals surface area contributed by atoms with Crippen LogP contribution in [0.1, 0.15) is 5.56 Å². The molecular weight excluding hydrogens is 420 g/mol. The topological polar surface area (TPSA) is 33.0 Å². The minimum absolute atomic E-state index is 0.730. The number of fused-ring (bicyclic) bond motifs is 1. The molecule has 0 spiro atoms. The standard InChI is InChI=1S/C26H27ClN4O/c1-18-13-25-23(16-28-31(25)17-24(18)19-5-4-6-20(27)14-19)22-8-7-21(15-26(22)32-3)30-11-9-29(2)10-12-30/h4-8,13-17H,9-12H2,1-3H3. The van der Waals surface area contributed by atoms with E-state index in [0.29, 0.717) is 0 Å². The molecule has 5 rings (SSSR count). The molecule has 0 amide bonds. The summed E-state index contributed by atoms with van der Waals surface area (Å²) in [5.41, 5.74) is 7.75. The minimum Gasteiger partial charge on any atom is -0.496 e. The quantitative estimate of drug-likeness (QED) is 0.420. The average molecular weight is 447 g/mol. The fourth-order valence-corrected chi connectivity index (χ4v) is 4.65. The Kier molecular flexibility index (Phi) is 5.53.